The van der Waals surface area contributed by atoms with Crippen LogP contribution in [0.1, 0.15) is 27.1 Å². The molecule has 0 heterocycles. The van der Waals surface area contributed by atoms with E-state index in [1.807, 2.05) is 6.07 Å². The van der Waals surface area contributed by atoms with E-state index in [0.717, 1.165) is 12.1 Å². The lowest BCUT2D eigenvalue weighted by molar-refractivity contribution is -0.114. The maximum atomic E-state index is 12.4. The van der Waals surface area contributed by atoms with Crippen LogP contribution in [0.3, 0.4) is 0 Å². The van der Waals surface area contributed by atoms with Gasteiger partial charge in [0.25, 0.3) is 11.8 Å². The van der Waals surface area contributed by atoms with Crippen molar-refractivity contribution >= 4 is 34.8 Å². The minimum Gasteiger partial charge on any atom is -0.385 e. The summed E-state index contributed by atoms with van der Waals surface area (Å²) >= 11 is 0. The van der Waals surface area contributed by atoms with Crippen LogP contribution in [0.2, 0.25) is 0 Å². The van der Waals surface area contributed by atoms with Gasteiger partial charge in [-0.15, -0.1) is 0 Å². The number of hydrogen-bond acceptors (Lipinski definition) is 5. The van der Waals surface area contributed by atoms with E-state index >= 15 is 0 Å². The zero-order chi connectivity index (χ0) is 24.2. The summed E-state index contributed by atoms with van der Waals surface area (Å²) in [6.07, 6.45) is 0.749. The van der Waals surface area contributed by atoms with Crippen molar-refractivity contribution < 1.29 is 19.1 Å². The highest BCUT2D eigenvalue weighted by molar-refractivity contribution is 6.04. The molecule has 3 aromatic rings. The Morgan fingerprint density at radius 3 is 2.12 bits per heavy atom. The number of carbonyl (C=O) groups excluding carboxylic acids is 3. The Balaban J connectivity index is 1.46. The van der Waals surface area contributed by atoms with Crippen LogP contribution < -0.4 is 21.3 Å². The largest absolute Gasteiger partial charge is 0.385 e. The van der Waals surface area contributed by atoms with E-state index in [4.69, 9.17) is 4.74 Å². The highest BCUT2D eigenvalue weighted by Gasteiger charge is 2.08. The smallest absolute Gasteiger partial charge is 0.255 e. The number of anilines is 3. The fourth-order valence-corrected chi connectivity index (χ4v) is 3.11. The minimum atomic E-state index is -0.244. The van der Waals surface area contributed by atoms with Crippen LogP contribution >= 0.6 is 0 Å². The molecule has 3 rings (SSSR count). The molecule has 176 valence electrons. The van der Waals surface area contributed by atoms with Crippen LogP contribution in [-0.2, 0) is 9.53 Å². The Hall–Kier alpha value is -4.17. The molecule has 3 amide bonds. The van der Waals surface area contributed by atoms with Gasteiger partial charge in [0, 0.05) is 48.5 Å². The second-order valence-electron chi connectivity index (χ2n) is 7.48. The van der Waals surface area contributed by atoms with E-state index in [-0.39, 0.29) is 24.3 Å². The number of hydrogen-bond donors (Lipinski definition) is 4. The number of nitrogens with one attached hydrogen (secondary N) is 4. The first kappa shape index (κ1) is 24.5. The van der Waals surface area contributed by atoms with Gasteiger partial charge in [-0.05, 0) is 61.0 Å². The lowest BCUT2D eigenvalue weighted by Gasteiger charge is -2.11. The van der Waals surface area contributed by atoms with Crippen molar-refractivity contribution in [1.82, 2.24) is 5.32 Å². The molecular weight excluding hydrogens is 432 g/mol. The van der Waals surface area contributed by atoms with Gasteiger partial charge in [0.2, 0.25) is 5.91 Å². The van der Waals surface area contributed by atoms with Crippen LogP contribution in [0.15, 0.2) is 78.9 Å². The average Bonchev–Trinajstić information content (AvgIpc) is 2.86. The molecule has 0 aliphatic carbocycles. The van der Waals surface area contributed by atoms with E-state index < -0.39 is 0 Å². The predicted octanol–water partition coefficient (Wildman–Crippen LogP) is 3.76. The van der Waals surface area contributed by atoms with Crippen molar-refractivity contribution in [2.75, 3.05) is 42.8 Å². The Morgan fingerprint density at radius 1 is 0.735 bits per heavy atom. The molecule has 0 saturated carbocycles. The first-order valence-corrected chi connectivity index (χ1v) is 10.9. The third-order valence-electron chi connectivity index (χ3n) is 4.85. The number of amides is 3. The molecule has 0 saturated heterocycles. The molecule has 0 aromatic heterocycles. The summed E-state index contributed by atoms with van der Waals surface area (Å²) in [6, 6.07) is 22.7. The molecule has 0 bridgehead atoms. The molecule has 0 unspecified atom stereocenters. The van der Waals surface area contributed by atoms with E-state index in [2.05, 4.69) is 21.3 Å². The van der Waals surface area contributed by atoms with Crippen molar-refractivity contribution in [2.45, 2.75) is 6.42 Å². The molecule has 0 radical (unpaired) electrons. The van der Waals surface area contributed by atoms with Crippen LogP contribution in [0.25, 0.3) is 0 Å². The van der Waals surface area contributed by atoms with Gasteiger partial charge in [0.05, 0.1) is 6.54 Å². The lowest BCUT2D eigenvalue weighted by atomic mass is 10.2. The monoisotopic (exact) mass is 460 g/mol. The molecule has 4 N–H and O–H groups in total. The Bertz CT molecular complexity index is 1100. The van der Waals surface area contributed by atoms with E-state index in [9.17, 15) is 14.4 Å². The van der Waals surface area contributed by atoms with Crippen molar-refractivity contribution in [3.8, 4) is 0 Å². The maximum Gasteiger partial charge on any atom is 0.255 e. The molecule has 0 aliphatic heterocycles. The topological polar surface area (TPSA) is 109 Å². The molecule has 0 fully saturated rings. The van der Waals surface area contributed by atoms with E-state index in [1.165, 1.54) is 0 Å². The van der Waals surface area contributed by atoms with Crippen molar-refractivity contribution in [1.29, 1.82) is 0 Å². The molecule has 0 atom stereocenters. The van der Waals surface area contributed by atoms with E-state index in [0.29, 0.717) is 35.7 Å². The van der Waals surface area contributed by atoms with Crippen molar-refractivity contribution in [3.63, 3.8) is 0 Å². The number of rotatable bonds is 11. The Kier molecular flexibility index (Phi) is 9.19. The molecule has 34 heavy (non-hydrogen) atoms. The number of ether oxygens (including phenoxy) is 1. The molecule has 0 spiro atoms. The zero-order valence-corrected chi connectivity index (χ0v) is 19.0. The third kappa shape index (κ3) is 7.75. The second kappa shape index (κ2) is 12.8. The highest BCUT2D eigenvalue weighted by atomic mass is 16.5. The molecule has 0 aliphatic rings. The lowest BCUT2D eigenvalue weighted by Crippen LogP contribution is -2.25. The van der Waals surface area contributed by atoms with E-state index in [1.54, 1.807) is 79.9 Å². The number of benzene rings is 3. The number of methoxy groups -OCH3 is 1. The Morgan fingerprint density at radius 2 is 1.41 bits per heavy atom. The quantitative estimate of drug-likeness (QED) is 0.326. The summed E-state index contributed by atoms with van der Waals surface area (Å²) in [4.78, 5) is 36.8. The third-order valence-corrected chi connectivity index (χ3v) is 4.85. The van der Waals surface area contributed by atoms with Crippen LogP contribution in [-0.4, -0.2) is 44.5 Å². The fourth-order valence-electron chi connectivity index (χ4n) is 3.11. The number of carbonyl (C=O) groups is 3. The van der Waals surface area contributed by atoms with Gasteiger partial charge < -0.3 is 26.0 Å². The summed E-state index contributed by atoms with van der Waals surface area (Å²) in [5.74, 6) is -0.621. The zero-order valence-electron chi connectivity index (χ0n) is 19.0. The van der Waals surface area contributed by atoms with Crippen LogP contribution in [0, 0.1) is 0 Å². The fraction of sp³-hybridized carbons (Fsp3) is 0.192. The highest BCUT2D eigenvalue weighted by Crippen LogP contribution is 2.16. The van der Waals surface area contributed by atoms with Gasteiger partial charge in [-0.2, -0.15) is 0 Å². The Labute approximate surface area is 198 Å². The summed E-state index contributed by atoms with van der Waals surface area (Å²) in [7, 11) is 1.62. The summed E-state index contributed by atoms with van der Waals surface area (Å²) in [5.41, 5.74) is 2.96. The molecule has 3 aromatic carbocycles. The standard InChI is InChI=1S/C26H28N4O4/c1-34-16-6-15-27-25(32)20-11-13-21(14-12-20)28-18-24(31)29-22-9-5-10-23(17-22)30-26(33)19-7-3-2-4-8-19/h2-5,7-14,17,28H,6,15-16,18H2,1H3,(H,27,32)(H,29,31)(H,30,33). The van der Waals surface area contributed by atoms with Crippen molar-refractivity contribution in [2.24, 2.45) is 0 Å². The maximum absolute atomic E-state index is 12.4. The predicted molar refractivity (Wildman–Crippen MR) is 133 cm³/mol. The van der Waals surface area contributed by atoms with Gasteiger partial charge in [-0.25, -0.2) is 0 Å². The summed E-state index contributed by atoms with van der Waals surface area (Å²) < 4.78 is 4.96. The summed E-state index contributed by atoms with van der Waals surface area (Å²) in [6.45, 7) is 1.19. The normalized spacial score (nSPS) is 10.3. The average molecular weight is 461 g/mol. The molecular formula is C26H28N4O4. The summed E-state index contributed by atoms with van der Waals surface area (Å²) in [5, 5.41) is 11.5. The second-order valence-corrected chi connectivity index (χ2v) is 7.48. The first-order chi connectivity index (χ1) is 16.5. The van der Waals surface area contributed by atoms with Gasteiger partial charge in [0.15, 0.2) is 0 Å². The van der Waals surface area contributed by atoms with Crippen LogP contribution in [0.4, 0.5) is 17.1 Å². The van der Waals surface area contributed by atoms with Gasteiger partial charge in [0.1, 0.15) is 0 Å². The molecule has 8 heteroatoms. The SMILES string of the molecule is COCCCNC(=O)c1ccc(NCC(=O)Nc2cccc(NC(=O)c3ccccc3)c2)cc1. The van der Waals surface area contributed by atoms with Gasteiger partial charge in [-0.1, -0.05) is 24.3 Å². The minimum absolute atomic E-state index is 0.0448. The molecule has 8 nitrogen and oxygen atoms in total. The van der Waals surface area contributed by atoms with Gasteiger partial charge in [-0.3, -0.25) is 14.4 Å². The van der Waals surface area contributed by atoms with Crippen LogP contribution in [0.5, 0.6) is 0 Å². The van der Waals surface area contributed by atoms with Gasteiger partial charge >= 0.3 is 0 Å². The van der Waals surface area contributed by atoms with Crippen molar-refractivity contribution in [3.05, 3.63) is 90.0 Å². The first-order valence-electron chi connectivity index (χ1n) is 10.9.